The molecule has 1 aromatic carbocycles. The smallest absolute Gasteiger partial charge is 0.0815 e. The van der Waals surface area contributed by atoms with Crippen molar-refractivity contribution in [2.45, 2.75) is 32.9 Å². The van der Waals surface area contributed by atoms with Gasteiger partial charge in [-0.05, 0) is 31.5 Å². The van der Waals surface area contributed by atoms with E-state index in [-0.39, 0.29) is 0 Å². The van der Waals surface area contributed by atoms with Gasteiger partial charge >= 0.3 is 0 Å². The SMILES string of the molecule is CCC(C)n1ccc(CNc2c(Cl)cc(Br)cc2Cl)n1. The fourth-order valence-corrected chi connectivity index (χ4v) is 3.14. The zero-order valence-electron chi connectivity index (χ0n) is 11.3. The summed E-state index contributed by atoms with van der Waals surface area (Å²) in [6, 6.07) is 6.03. The summed E-state index contributed by atoms with van der Waals surface area (Å²) in [7, 11) is 0. The van der Waals surface area contributed by atoms with Crippen LogP contribution >= 0.6 is 39.1 Å². The second kappa shape index (κ2) is 6.83. The van der Waals surface area contributed by atoms with Crippen molar-refractivity contribution in [1.82, 2.24) is 9.78 Å². The Morgan fingerprint density at radius 1 is 1.35 bits per heavy atom. The van der Waals surface area contributed by atoms with Crippen molar-refractivity contribution in [2.75, 3.05) is 5.32 Å². The summed E-state index contributed by atoms with van der Waals surface area (Å²) in [4.78, 5) is 0. The largest absolute Gasteiger partial charge is 0.377 e. The van der Waals surface area contributed by atoms with Gasteiger partial charge in [0.25, 0.3) is 0 Å². The molecule has 0 amide bonds. The molecule has 0 saturated carbocycles. The fraction of sp³-hybridized carbons (Fsp3) is 0.357. The third-order valence-electron chi connectivity index (χ3n) is 3.16. The first-order chi connectivity index (χ1) is 9.51. The summed E-state index contributed by atoms with van der Waals surface area (Å²) >= 11 is 15.7. The lowest BCUT2D eigenvalue weighted by Crippen LogP contribution is -2.07. The molecule has 1 unspecified atom stereocenters. The normalized spacial score (nSPS) is 12.4. The van der Waals surface area contributed by atoms with Crippen LogP contribution in [0.1, 0.15) is 32.0 Å². The lowest BCUT2D eigenvalue weighted by molar-refractivity contribution is 0.474. The first kappa shape index (κ1) is 15.7. The van der Waals surface area contributed by atoms with Crippen LogP contribution in [0.4, 0.5) is 5.69 Å². The van der Waals surface area contributed by atoms with Crippen LogP contribution < -0.4 is 5.32 Å². The van der Waals surface area contributed by atoms with Gasteiger partial charge in [0, 0.05) is 16.7 Å². The van der Waals surface area contributed by atoms with Gasteiger partial charge in [0.15, 0.2) is 0 Å². The predicted molar refractivity (Wildman–Crippen MR) is 88.7 cm³/mol. The third-order valence-corrected chi connectivity index (χ3v) is 4.21. The standard InChI is InChI=1S/C14H16BrCl2N3/c1-3-9(2)20-5-4-11(19-20)8-18-14-12(16)6-10(15)7-13(14)17/h4-7,9,18H,3,8H2,1-2H3. The van der Waals surface area contributed by atoms with Crippen molar-refractivity contribution in [3.63, 3.8) is 0 Å². The zero-order valence-corrected chi connectivity index (χ0v) is 14.4. The molecule has 3 nitrogen and oxygen atoms in total. The van der Waals surface area contributed by atoms with Crippen molar-refractivity contribution in [1.29, 1.82) is 0 Å². The van der Waals surface area contributed by atoms with Gasteiger partial charge in [-0.25, -0.2) is 0 Å². The van der Waals surface area contributed by atoms with E-state index in [9.17, 15) is 0 Å². The Bertz CT molecular complexity index is 575. The second-order valence-corrected chi connectivity index (χ2v) is 6.37. The number of hydrogen-bond donors (Lipinski definition) is 1. The zero-order chi connectivity index (χ0) is 14.7. The van der Waals surface area contributed by atoms with E-state index < -0.39 is 0 Å². The van der Waals surface area contributed by atoms with Gasteiger partial charge in [0.1, 0.15) is 0 Å². The summed E-state index contributed by atoms with van der Waals surface area (Å²) in [6.45, 7) is 4.88. The molecule has 6 heteroatoms. The fourth-order valence-electron chi connectivity index (χ4n) is 1.79. The lowest BCUT2D eigenvalue weighted by Gasteiger charge is -2.10. The van der Waals surface area contributed by atoms with Gasteiger partial charge in [-0.15, -0.1) is 0 Å². The van der Waals surface area contributed by atoms with E-state index in [1.165, 1.54) is 0 Å². The molecule has 0 spiro atoms. The van der Waals surface area contributed by atoms with Gasteiger partial charge in [0.05, 0.1) is 28.0 Å². The molecule has 0 aliphatic carbocycles. The minimum atomic E-state index is 0.406. The van der Waals surface area contributed by atoms with Gasteiger partial charge in [-0.2, -0.15) is 5.10 Å². The Balaban J connectivity index is 2.07. The van der Waals surface area contributed by atoms with Gasteiger partial charge in [-0.1, -0.05) is 46.1 Å². The highest BCUT2D eigenvalue weighted by Crippen LogP contribution is 2.34. The second-order valence-electron chi connectivity index (χ2n) is 4.64. The third kappa shape index (κ3) is 3.68. The topological polar surface area (TPSA) is 29.9 Å². The van der Waals surface area contributed by atoms with Crippen LogP contribution in [0.25, 0.3) is 0 Å². The molecule has 0 bridgehead atoms. The first-order valence-electron chi connectivity index (χ1n) is 6.43. The van der Waals surface area contributed by atoms with E-state index >= 15 is 0 Å². The number of nitrogens with zero attached hydrogens (tertiary/aromatic N) is 2. The Morgan fingerprint density at radius 2 is 2.00 bits per heavy atom. The van der Waals surface area contributed by atoms with Crippen molar-refractivity contribution < 1.29 is 0 Å². The molecule has 0 fully saturated rings. The molecule has 1 N–H and O–H groups in total. The summed E-state index contributed by atoms with van der Waals surface area (Å²) in [5.41, 5.74) is 1.69. The van der Waals surface area contributed by atoms with Crippen molar-refractivity contribution in [3.05, 3.63) is 44.6 Å². The number of benzene rings is 1. The van der Waals surface area contributed by atoms with E-state index in [2.05, 4.69) is 40.2 Å². The number of anilines is 1. The average molecular weight is 377 g/mol. The van der Waals surface area contributed by atoms with Crippen molar-refractivity contribution >= 4 is 44.8 Å². The Morgan fingerprint density at radius 3 is 2.60 bits per heavy atom. The molecule has 2 rings (SSSR count). The maximum absolute atomic E-state index is 6.18. The molecule has 0 aliphatic rings. The van der Waals surface area contributed by atoms with E-state index in [0.29, 0.717) is 22.6 Å². The summed E-state index contributed by atoms with van der Waals surface area (Å²) in [6.07, 6.45) is 3.05. The minimum absolute atomic E-state index is 0.406. The molecule has 1 atom stereocenters. The monoisotopic (exact) mass is 375 g/mol. The number of hydrogen-bond acceptors (Lipinski definition) is 2. The van der Waals surface area contributed by atoms with Gasteiger partial charge < -0.3 is 5.32 Å². The number of halogens is 3. The molecule has 108 valence electrons. The maximum Gasteiger partial charge on any atom is 0.0815 e. The highest BCUT2D eigenvalue weighted by Gasteiger charge is 2.09. The molecular weight excluding hydrogens is 361 g/mol. The van der Waals surface area contributed by atoms with Gasteiger partial charge in [0.2, 0.25) is 0 Å². The summed E-state index contributed by atoms with van der Waals surface area (Å²) < 4.78 is 2.83. The molecule has 0 saturated heterocycles. The average Bonchev–Trinajstić information content (AvgIpc) is 2.85. The first-order valence-corrected chi connectivity index (χ1v) is 7.98. The molecular formula is C14H16BrCl2N3. The quantitative estimate of drug-likeness (QED) is 0.742. The Hall–Kier alpha value is -0.710. The predicted octanol–water partition coefficient (Wildman–Crippen LogP) is 5.54. The van der Waals surface area contributed by atoms with Crippen LogP contribution in [0.3, 0.4) is 0 Å². The van der Waals surface area contributed by atoms with E-state index in [0.717, 1.165) is 22.3 Å². The molecule has 0 radical (unpaired) electrons. The number of rotatable bonds is 5. The lowest BCUT2D eigenvalue weighted by atomic mass is 10.3. The van der Waals surface area contributed by atoms with Crippen molar-refractivity contribution in [2.24, 2.45) is 0 Å². The molecule has 1 heterocycles. The highest BCUT2D eigenvalue weighted by molar-refractivity contribution is 9.10. The highest BCUT2D eigenvalue weighted by atomic mass is 79.9. The Kier molecular flexibility index (Phi) is 5.35. The van der Waals surface area contributed by atoms with Crippen LogP contribution in [0.15, 0.2) is 28.9 Å². The molecule has 20 heavy (non-hydrogen) atoms. The molecule has 2 aromatic rings. The van der Waals surface area contributed by atoms with Gasteiger partial charge in [-0.3, -0.25) is 4.68 Å². The van der Waals surface area contributed by atoms with Crippen LogP contribution in [0, 0.1) is 0 Å². The minimum Gasteiger partial charge on any atom is -0.377 e. The number of aromatic nitrogens is 2. The molecule has 1 aromatic heterocycles. The van der Waals surface area contributed by atoms with Crippen LogP contribution in [-0.2, 0) is 6.54 Å². The van der Waals surface area contributed by atoms with Crippen LogP contribution in [-0.4, -0.2) is 9.78 Å². The van der Waals surface area contributed by atoms with E-state index in [4.69, 9.17) is 23.2 Å². The van der Waals surface area contributed by atoms with Crippen LogP contribution in [0.2, 0.25) is 10.0 Å². The van der Waals surface area contributed by atoms with E-state index in [1.807, 2.05) is 29.1 Å². The summed E-state index contributed by atoms with van der Waals surface area (Å²) in [5.74, 6) is 0. The summed E-state index contributed by atoms with van der Waals surface area (Å²) in [5, 5.41) is 8.94. The van der Waals surface area contributed by atoms with Crippen molar-refractivity contribution in [3.8, 4) is 0 Å². The number of nitrogens with one attached hydrogen (secondary N) is 1. The maximum atomic E-state index is 6.18. The van der Waals surface area contributed by atoms with E-state index in [1.54, 1.807) is 0 Å². The Labute approximate surface area is 137 Å². The van der Waals surface area contributed by atoms with Crippen LogP contribution in [0.5, 0.6) is 0 Å². The molecule has 0 aliphatic heterocycles.